The topological polar surface area (TPSA) is 81.2 Å². The highest BCUT2D eigenvalue weighted by atomic mass is 32.2. The Bertz CT molecular complexity index is 592. The van der Waals surface area contributed by atoms with Crippen LogP contribution in [0, 0.1) is 0 Å². The Kier molecular flexibility index (Phi) is 3.71. The van der Waals surface area contributed by atoms with Crippen LogP contribution in [0.5, 0.6) is 0 Å². The summed E-state index contributed by atoms with van der Waals surface area (Å²) in [7, 11) is -4.29. The number of hydrogen-bond donors (Lipinski definition) is 1. The van der Waals surface area contributed by atoms with Gasteiger partial charge in [-0.05, 0) is 19.8 Å². The van der Waals surface area contributed by atoms with E-state index in [9.17, 15) is 21.6 Å². The van der Waals surface area contributed by atoms with Crippen LogP contribution >= 0.6 is 0 Å². The molecule has 20 heavy (non-hydrogen) atoms. The minimum Gasteiger partial charge on any atom is -0.381 e. The highest BCUT2D eigenvalue weighted by Crippen LogP contribution is 2.35. The normalized spacial score (nSPS) is 16.9. The monoisotopic (exact) mass is 312 g/mol. The van der Waals surface area contributed by atoms with E-state index < -0.39 is 28.8 Å². The van der Waals surface area contributed by atoms with Crippen molar-refractivity contribution in [3.05, 3.63) is 6.20 Å². The van der Waals surface area contributed by atoms with Crippen molar-refractivity contribution in [2.45, 2.75) is 43.4 Å². The third kappa shape index (κ3) is 3.06. The van der Waals surface area contributed by atoms with Gasteiger partial charge in [0.15, 0.2) is 5.82 Å². The molecule has 0 unspecified atom stereocenters. The molecule has 0 amide bonds. The lowest BCUT2D eigenvalue weighted by Gasteiger charge is -2.22. The standard InChI is InChI=1S/C10H15F3N4O2S/c1-2-16-5-8(9(14)15-16)20(18,19)17(7-3-4-7)6-10(11,12)13/h5,7H,2-4,6H2,1H3,(H2,14,15). The predicted octanol–water partition coefficient (Wildman–Crippen LogP) is 1.20. The zero-order valence-corrected chi connectivity index (χ0v) is 11.6. The molecule has 0 saturated heterocycles. The first kappa shape index (κ1) is 15.1. The minimum atomic E-state index is -4.59. The number of rotatable bonds is 5. The van der Waals surface area contributed by atoms with Crippen molar-refractivity contribution in [2.24, 2.45) is 0 Å². The van der Waals surface area contributed by atoms with Gasteiger partial charge in [-0.1, -0.05) is 0 Å². The van der Waals surface area contributed by atoms with Gasteiger partial charge in [0, 0.05) is 18.8 Å². The Morgan fingerprint density at radius 3 is 2.50 bits per heavy atom. The number of nitrogen functional groups attached to an aromatic ring is 1. The molecule has 0 bridgehead atoms. The molecule has 1 saturated carbocycles. The van der Waals surface area contributed by atoms with Crippen LogP contribution in [0.3, 0.4) is 0 Å². The Balaban J connectivity index is 2.37. The molecule has 1 aliphatic carbocycles. The molecule has 1 heterocycles. The maximum atomic E-state index is 12.6. The summed E-state index contributed by atoms with van der Waals surface area (Å²) < 4.78 is 64.1. The molecule has 2 rings (SSSR count). The van der Waals surface area contributed by atoms with Crippen LogP contribution in [0.4, 0.5) is 19.0 Å². The Labute approximate surface area is 114 Å². The van der Waals surface area contributed by atoms with Crippen molar-refractivity contribution in [2.75, 3.05) is 12.3 Å². The number of aryl methyl sites for hydroxylation is 1. The van der Waals surface area contributed by atoms with Crippen molar-refractivity contribution in [1.82, 2.24) is 14.1 Å². The van der Waals surface area contributed by atoms with Gasteiger partial charge in [-0.25, -0.2) is 8.42 Å². The number of alkyl halides is 3. The smallest absolute Gasteiger partial charge is 0.381 e. The van der Waals surface area contributed by atoms with Crippen LogP contribution in [-0.4, -0.2) is 41.3 Å². The summed E-state index contributed by atoms with van der Waals surface area (Å²) in [4.78, 5) is -0.365. The van der Waals surface area contributed by atoms with E-state index in [1.165, 1.54) is 4.68 Å². The predicted molar refractivity (Wildman–Crippen MR) is 65.3 cm³/mol. The summed E-state index contributed by atoms with van der Waals surface area (Å²) in [6, 6.07) is -0.606. The molecule has 2 N–H and O–H groups in total. The summed E-state index contributed by atoms with van der Waals surface area (Å²) in [6.07, 6.45) is -2.57. The van der Waals surface area contributed by atoms with Crippen molar-refractivity contribution in [1.29, 1.82) is 0 Å². The first-order chi connectivity index (χ1) is 9.15. The van der Waals surface area contributed by atoms with Gasteiger partial charge in [-0.2, -0.15) is 22.6 Å². The summed E-state index contributed by atoms with van der Waals surface area (Å²) in [5.41, 5.74) is 5.51. The number of nitrogens with zero attached hydrogens (tertiary/aromatic N) is 3. The van der Waals surface area contributed by atoms with Gasteiger partial charge in [-0.3, -0.25) is 4.68 Å². The molecule has 114 valence electrons. The van der Waals surface area contributed by atoms with Crippen molar-refractivity contribution in [3.8, 4) is 0 Å². The lowest BCUT2D eigenvalue weighted by molar-refractivity contribution is -0.137. The fourth-order valence-electron chi connectivity index (χ4n) is 1.85. The molecule has 0 aromatic carbocycles. The van der Waals surface area contributed by atoms with Crippen LogP contribution in [0.15, 0.2) is 11.1 Å². The van der Waals surface area contributed by atoms with Crippen LogP contribution in [-0.2, 0) is 16.6 Å². The molecule has 0 atom stereocenters. The van der Waals surface area contributed by atoms with Gasteiger partial charge in [0.25, 0.3) is 0 Å². The van der Waals surface area contributed by atoms with Gasteiger partial charge in [0.2, 0.25) is 10.0 Å². The Hall–Kier alpha value is -1.29. The molecule has 0 radical (unpaired) electrons. The third-order valence-electron chi connectivity index (χ3n) is 2.95. The molecule has 10 heteroatoms. The average Bonchev–Trinajstić information content (AvgIpc) is 3.07. The highest BCUT2D eigenvalue weighted by Gasteiger charge is 2.45. The Morgan fingerprint density at radius 1 is 1.50 bits per heavy atom. The maximum Gasteiger partial charge on any atom is 0.402 e. The van der Waals surface area contributed by atoms with Gasteiger partial charge in [0.1, 0.15) is 11.4 Å². The molecule has 1 aliphatic rings. The lowest BCUT2D eigenvalue weighted by Crippen LogP contribution is -2.40. The first-order valence-electron chi connectivity index (χ1n) is 6.06. The number of hydrogen-bond acceptors (Lipinski definition) is 4. The van der Waals surface area contributed by atoms with Crippen LogP contribution in [0.1, 0.15) is 19.8 Å². The van der Waals surface area contributed by atoms with E-state index in [4.69, 9.17) is 5.73 Å². The second-order valence-corrected chi connectivity index (χ2v) is 6.49. The molecule has 0 spiro atoms. The van der Waals surface area contributed by atoms with Crippen molar-refractivity contribution in [3.63, 3.8) is 0 Å². The SMILES string of the molecule is CCn1cc(S(=O)(=O)N(CC(F)(F)F)C2CC2)c(N)n1. The summed E-state index contributed by atoms with van der Waals surface area (Å²) in [5, 5.41) is 3.76. The number of anilines is 1. The molecular formula is C10H15F3N4O2S. The van der Waals surface area contributed by atoms with E-state index in [1.54, 1.807) is 6.92 Å². The van der Waals surface area contributed by atoms with E-state index in [0.717, 1.165) is 6.20 Å². The Morgan fingerprint density at radius 2 is 2.10 bits per heavy atom. The second kappa shape index (κ2) is 4.92. The van der Waals surface area contributed by atoms with E-state index in [-0.39, 0.29) is 10.7 Å². The second-order valence-electron chi connectivity index (χ2n) is 4.63. The van der Waals surface area contributed by atoms with E-state index >= 15 is 0 Å². The fourth-order valence-corrected chi connectivity index (χ4v) is 3.59. The first-order valence-corrected chi connectivity index (χ1v) is 7.50. The molecule has 1 aromatic heterocycles. The van der Waals surface area contributed by atoms with Gasteiger partial charge in [-0.15, -0.1) is 0 Å². The number of aromatic nitrogens is 2. The van der Waals surface area contributed by atoms with Gasteiger partial charge >= 0.3 is 6.18 Å². The van der Waals surface area contributed by atoms with Crippen LogP contribution in [0.25, 0.3) is 0 Å². The molecule has 0 aliphatic heterocycles. The maximum absolute atomic E-state index is 12.6. The van der Waals surface area contributed by atoms with Gasteiger partial charge in [0.05, 0.1) is 0 Å². The van der Waals surface area contributed by atoms with Crippen molar-refractivity contribution < 1.29 is 21.6 Å². The largest absolute Gasteiger partial charge is 0.402 e. The fraction of sp³-hybridized carbons (Fsp3) is 0.700. The van der Waals surface area contributed by atoms with Crippen LogP contribution < -0.4 is 5.73 Å². The lowest BCUT2D eigenvalue weighted by atomic mass is 10.6. The number of halogens is 3. The average molecular weight is 312 g/mol. The molecular weight excluding hydrogens is 297 g/mol. The number of nitrogens with two attached hydrogens (primary N) is 1. The highest BCUT2D eigenvalue weighted by molar-refractivity contribution is 7.89. The van der Waals surface area contributed by atoms with Gasteiger partial charge < -0.3 is 5.73 Å². The summed E-state index contributed by atoms with van der Waals surface area (Å²) in [5.74, 6) is -0.278. The quantitative estimate of drug-likeness (QED) is 0.886. The van der Waals surface area contributed by atoms with E-state index in [0.29, 0.717) is 23.7 Å². The zero-order chi connectivity index (χ0) is 15.1. The third-order valence-corrected chi connectivity index (χ3v) is 4.87. The van der Waals surface area contributed by atoms with E-state index in [2.05, 4.69) is 5.10 Å². The zero-order valence-electron chi connectivity index (χ0n) is 10.8. The molecule has 1 aromatic rings. The minimum absolute atomic E-state index is 0.278. The number of sulfonamides is 1. The van der Waals surface area contributed by atoms with Crippen LogP contribution in [0.2, 0.25) is 0 Å². The van der Waals surface area contributed by atoms with Crippen molar-refractivity contribution >= 4 is 15.8 Å². The molecule has 6 nitrogen and oxygen atoms in total. The summed E-state index contributed by atoms with van der Waals surface area (Å²) in [6.45, 7) is 0.594. The molecule has 1 fully saturated rings. The summed E-state index contributed by atoms with van der Waals surface area (Å²) >= 11 is 0. The van der Waals surface area contributed by atoms with E-state index in [1.807, 2.05) is 0 Å².